The van der Waals surface area contributed by atoms with E-state index in [1.54, 1.807) is 17.7 Å². The summed E-state index contributed by atoms with van der Waals surface area (Å²) in [5.41, 5.74) is 0.525. The van der Waals surface area contributed by atoms with Crippen molar-refractivity contribution in [2.24, 2.45) is 0 Å². The topological polar surface area (TPSA) is 93.0 Å². The molecule has 0 saturated heterocycles. The Labute approximate surface area is 89.7 Å². The molecule has 1 aliphatic rings. The second-order valence-corrected chi connectivity index (χ2v) is 3.50. The van der Waals surface area contributed by atoms with Crippen molar-refractivity contribution in [3.63, 3.8) is 0 Å². The molecule has 0 fully saturated rings. The number of nitrogens with one attached hydrogen (secondary N) is 1. The van der Waals surface area contributed by atoms with Gasteiger partial charge in [0, 0.05) is 0 Å². The Balaban J connectivity index is 2.27. The molecule has 0 aromatic carbocycles. The van der Waals surface area contributed by atoms with Gasteiger partial charge in [0.05, 0.1) is 11.9 Å². The van der Waals surface area contributed by atoms with Crippen LogP contribution in [0.4, 0.5) is 0 Å². The van der Waals surface area contributed by atoms with Crippen molar-refractivity contribution in [2.45, 2.75) is 13.0 Å². The van der Waals surface area contributed by atoms with Crippen LogP contribution in [0.1, 0.15) is 29.2 Å². The van der Waals surface area contributed by atoms with Crippen molar-refractivity contribution in [2.75, 3.05) is 0 Å². The normalized spacial score (nSPS) is 17.4. The number of aromatic carboxylic acids is 1. The van der Waals surface area contributed by atoms with Crippen LogP contribution in [0.3, 0.4) is 0 Å². The van der Waals surface area contributed by atoms with E-state index in [0.717, 1.165) is 0 Å². The molecule has 1 unspecified atom stereocenters. The maximum Gasteiger partial charge on any atom is 0.356 e. The van der Waals surface area contributed by atoms with Crippen LogP contribution in [0.2, 0.25) is 0 Å². The lowest BCUT2D eigenvalue weighted by atomic mass is 10.2. The Kier molecular flexibility index (Phi) is 1.59. The molecule has 7 nitrogen and oxygen atoms in total. The quantitative estimate of drug-likeness (QED) is 0.739. The van der Waals surface area contributed by atoms with Crippen LogP contribution in [-0.2, 0) is 0 Å². The monoisotopic (exact) mass is 220 g/mol. The maximum absolute atomic E-state index is 11.0. The van der Waals surface area contributed by atoms with Crippen molar-refractivity contribution in [1.29, 1.82) is 0 Å². The first kappa shape index (κ1) is 8.96. The lowest BCUT2D eigenvalue weighted by molar-refractivity contribution is 0.0684. The zero-order valence-electron chi connectivity index (χ0n) is 8.34. The number of nitrogens with zero attached hydrogens (tertiary/aromatic N) is 3. The molecule has 2 N–H and O–H groups in total. The van der Waals surface area contributed by atoms with Gasteiger partial charge in [0.2, 0.25) is 0 Å². The predicted molar refractivity (Wildman–Crippen MR) is 51.7 cm³/mol. The van der Waals surface area contributed by atoms with Gasteiger partial charge in [-0.3, -0.25) is 9.67 Å². The maximum atomic E-state index is 11.0. The Morgan fingerprint density at radius 2 is 2.50 bits per heavy atom. The largest absolute Gasteiger partial charge is 0.479 e. The van der Waals surface area contributed by atoms with Gasteiger partial charge in [-0.15, -0.1) is 0 Å². The SMILES string of the molecule is CC1Oc2cn[nH]c2-n2cnc(C(=O)O)c21. The molecule has 3 heterocycles. The third-order valence-corrected chi connectivity index (χ3v) is 2.52. The molecule has 0 amide bonds. The summed E-state index contributed by atoms with van der Waals surface area (Å²) < 4.78 is 7.18. The number of carbonyl (C=O) groups is 1. The Morgan fingerprint density at radius 3 is 3.25 bits per heavy atom. The van der Waals surface area contributed by atoms with Crippen LogP contribution in [0.5, 0.6) is 5.75 Å². The highest BCUT2D eigenvalue weighted by Crippen LogP contribution is 2.34. The number of rotatable bonds is 1. The van der Waals surface area contributed by atoms with E-state index in [2.05, 4.69) is 15.2 Å². The molecule has 3 rings (SSSR count). The Morgan fingerprint density at radius 1 is 1.69 bits per heavy atom. The molecule has 0 aliphatic carbocycles. The Hall–Kier alpha value is -2.31. The van der Waals surface area contributed by atoms with Crippen LogP contribution in [0.25, 0.3) is 5.82 Å². The highest BCUT2D eigenvalue weighted by molar-refractivity contribution is 5.87. The van der Waals surface area contributed by atoms with Crippen LogP contribution in [0.15, 0.2) is 12.5 Å². The number of hydrogen-bond donors (Lipinski definition) is 2. The van der Waals surface area contributed by atoms with E-state index in [9.17, 15) is 4.79 Å². The molecular weight excluding hydrogens is 212 g/mol. The van der Waals surface area contributed by atoms with Gasteiger partial charge in [-0.25, -0.2) is 9.78 Å². The van der Waals surface area contributed by atoms with Crippen LogP contribution in [-0.4, -0.2) is 30.8 Å². The highest BCUT2D eigenvalue weighted by Gasteiger charge is 2.30. The number of ether oxygens (including phenoxy) is 1. The van der Waals surface area contributed by atoms with Gasteiger partial charge in [-0.05, 0) is 6.92 Å². The van der Waals surface area contributed by atoms with Gasteiger partial charge in [-0.1, -0.05) is 0 Å². The van der Waals surface area contributed by atoms with E-state index in [4.69, 9.17) is 9.84 Å². The van der Waals surface area contributed by atoms with E-state index in [1.165, 1.54) is 6.33 Å². The molecule has 16 heavy (non-hydrogen) atoms. The summed E-state index contributed by atoms with van der Waals surface area (Å²) in [7, 11) is 0. The lowest BCUT2D eigenvalue weighted by Gasteiger charge is -2.22. The molecule has 0 radical (unpaired) electrons. The number of aromatic nitrogens is 4. The van der Waals surface area contributed by atoms with Gasteiger partial charge >= 0.3 is 5.97 Å². The third-order valence-electron chi connectivity index (χ3n) is 2.52. The fraction of sp³-hybridized carbons (Fsp3) is 0.222. The molecule has 1 aliphatic heterocycles. The minimum Gasteiger partial charge on any atom is -0.479 e. The summed E-state index contributed by atoms with van der Waals surface area (Å²) in [5.74, 6) is 0.134. The molecule has 82 valence electrons. The van der Waals surface area contributed by atoms with E-state index < -0.39 is 5.97 Å². The molecule has 0 spiro atoms. The number of carboxylic acids is 1. The predicted octanol–water partition coefficient (Wildman–Crippen LogP) is 0.747. The molecule has 0 saturated carbocycles. The number of imidazole rings is 1. The lowest BCUT2D eigenvalue weighted by Crippen LogP contribution is -2.18. The molecule has 2 aromatic rings. The Bertz CT molecular complexity index is 571. The van der Waals surface area contributed by atoms with E-state index in [-0.39, 0.29) is 11.8 Å². The smallest absolute Gasteiger partial charge is 0.356 e. The average molecular weight is 220 g/mol. The summed E-state index contributed by atoms with van der Waals surface area (Å²) in [5, 5.41) is 15.6. The zero-order chi connectivity index (χ0) is 11.3. The van der Waals surface area contributed by atoms with Crippen LogP contribution >= 0.6 is 0 Å². The second kappa shape index (κ2) is 2.84. The molecule has 1 atom stereocenters. The minimum atomic E-state index is -1.06. The first-order valence-electron chi connectivity index (χ1n) is 4.69. The van der Waals surface area contributed by atoms with Crippen molar-refractivity contribution in [3.05, 3.63) is 23.9 Å². The first-order chi connectivity index (χ1) is 7.68. The van der Waals surface area contributed by atoms with Gasteiger partial charge in [0.15, 0.2) is 17.3 Å². The van der Waals surface area contributed by atoms with Crippen LogP contribution < -0.4 is 4.74 Å². The van der Waals surface area contributed by atoms with E-state index in [0.29, 0.717) is 17.3 Å². The third kappa shape index (κ3) is 0.992. The summed E-state index contributed by atoms with van der Waals surface area (Å²) in [6.45, 7) is 1.77. The highest BCUT2D eigenvalue weighted by atomic mass is 16.5. The summed E-state index contributed by atoms with van der Waals surface area (Å²) >= 11 is 0. The van der Waals surface area contributed by atoms with E-state index in [1.807, 2.05) is 0 Å². The number of carboxylic acid groups (broad SMARTS) is 1. The zero-order valence-corrected chi connectivity index (χ0v) is 8.34. The van der Waals surface area contributed by atoms with Crippen LogP contribution in [0, 0.1) is 0 Å². The number of fused-ring (bicyclic) bond motifs is 3. The molecule has 2 aromatic heterocycles. The fourth-order valence-corrected chi connectivity index (χ4v) is 1.86. The number of hydrogen-bond acceptors (Lipinski definition) is 4. The van der Waals surface area contributed by atoms with E-state index >= 15 is 0 Å². The average Bonchev–Trinajstić information content (AvgIpc) is 2.80. The summed E-state index contributed by atoms with van der Waals surface area (Å²) in [6, 6.07) is 0. The van der Waals surface area contributed by atoms with Crippen molar-refractivity contribution < 1.29 is 14.6 Å². The number of H-pyrrole nitrogens is 1. The molecular formula is C9H8N4O3. The molecule has 0 bridgehead atoms. The van der Waals surface area contributed by atoms with Gasteiger partial charge < -0.3 is 9.84 Å². The summed E-state index contributed by atoms with van der Waals surface area (Å²) in [6.07, 6.45) is 2.64. The standard InChI is InChI=1S/C9H8N4O3/c1-4-7-6(9(14)15)10-3-13(7)8-5(16-4)2-11-12-8/h2-4H,1H3,(H,11,12)(H,14,15). The van der Waals surface area contributed by atoms with Crippen molar-refractivity contribution in [3.8, 4) is 11.6 Å². The second-order valence-electron chi connectivity index (χ2n) is 3.50. The van der Waals surface area contributed by atoms with Gasteiger partial charge in [0.25, 0.3) is 0 Å². The van der Waals surface area contributed by atoms with Crippen molar-refractivity contribution in [1.82, 2.24) is 19.7 Å². The van der Waals surface area contributed by atoms with Gasteiger partial charge in [-0.2, -0.15) is 5.10 Å². The molecule has 7 heteroatoms. The minimum absolute atomic E-state index is 0.00718. The first-order valence-corrected chi connectivity index (χ1v) is 4.69. The van der Waals surface area contributed by atoms with Crippen molar-refractivity contribution >= 4 is 5.97 Å². The van der Waals surface area contributed by atoms with Gasteiger partial charge in [0.1, 0.15) is 12.4 Å². The summed E-state index contributed by atoms with van der Waals surface area (Å²) in [4.78, 5) is 14.8. The fourth-order valence-electron chi connectivity index (χ4n) is 1.86. The number of aromatic amines is 1.